The fourth-order valence-electron chi connectivity index (χ4n) is 7.76. The number of aliphatic hydroxyl groups is 1. The van der Waals surface area contributed by atoms with Crippen molar-refractivity contribution in [2.45, 2.75) is 56.6 Å². The number of ketones is 3. The highest BCUT2D eigenvalue weighted by atomic mass is 32.2. The average Bonchev–Trinajstić information content (AvgIpc) is 3.13. The number of hydrogen-bond acceptors (Lipinski definition) is 7. The lowest BCUT2D eigenvalue weighted by Gasteiger charge is -2.56. The summed E-state index contributed by atoms with van der Waals surface area (Å²) in [7, 11) is 0. The van der Waals surface area contributed by atoms with Crippen molar-refractivity contribution in [2.24, 2.45) is 28.6 Å². The molecule has 4 aliphatic rings. The van der Waals surface area contributed by atoms with E-state index in [4.69, 9.17) is 0 Å². The highest BCUT2D eigenvalue weighted by Crippen LogP contribution is 2.66. The molecule has 6 atom stereocenters. The molecule has 0 bridgehead atoms. The van der Waals surface area contributed by atoms with Crippen LogP contribution < -0.4 is 0 Å². The summed E-state index contributed by atoms with van der Waals surface area (Å²) in [6.07, 6.45) is 9.76. The summed E-state index contributed by atoms with van der Waals surface area (Å²) in [5, 5.41) is 12.5. The number of Topliss-reactive ketones (excluding diaryl/α,β-unsaturated/α-hetero) is 2. The summed E-state index contributed by atoms with van der Waals surface area (Å²) < 4.78 is 0. The van der Waals surface area contributed by atoms with E-state index in [1.807, 2.05) is 37.3 Å². The van der Waals surface area contributed by atoms with Crippen molar-refractivity contribution >= 4 is 40.1 Å². The van der Waals surface area contributed by atoms with Gasteiger partial charge in [-0.1, -0.05) is 49.4 Å². The van der Waals surface area contributed by atoms with Gasteiger partial charge in [-0.05, 0) is 61.8 Å². The normalized spacial score (nSPS) is 37.3. The lowest BCUT2D eigenvalue weighted by atomic mass is 9.46. The fraction of sp³-hybridized carbons (Fsp3) is 0.483. The number of carbonyl (C=O) groups is 3. The first-order valence-corrected chi connectivity index (χ1v) is 13.7. The molecule has 1 heterocycles. The Morgan fingerprint density at radius 2 is 1.94 bits per heavy atom. The highest BCUT2D eigenvalue weighted by Gasteiger charge is 2.68. The van der Waals surface area contributed by atoms with Crippen LogP contribution in [-0.4, -0.2) is 43.8 Å². The van der Waals surface area contributed by atoms with E-state index in [0.29, 0.717) is 11.4 Å². The van der Waals surface area contributed by atoms with Gasteiger partial charge in [0.1, 0.15) is 16.4 Å². The van der Waals surface area contributed by atoms with E-state index in [9.17, 15) is 19.5 Å². The van der Waals surface area contributed by atoms with Crippen LogP contribution in [0.2, 0.25) is 0 Å². The third kappa shape index (κ3) is 3.32. The second-order valence-electron chi connectivity index (χ2n) is 11.3. The molecule has 0 spiro atoms. The molecule has 5 unspecified atom stereocenters. The van der Waals surface area contributed by atoms with Crippen LogP contribution in [0, 0.1) is 28.6 Å². The van der Waals surface area contributed by atoms with Gasteiger partial charge in [-0.2, -0.15) is 0 Å². The minimum absolute atomic E-state index is 0.0107. The van der Waals surface area contributed by atoms with Crippen molar-refractivity contribution < 1.29 is 19.5 Å². The Morgan fingerprint density at radius 1 is 1.17 bits per heavy atom. The molecule has 0 aliphatic heterocycles. The summed E-state index contributed by atoms with van der Waals surface area (Å²) in [6.45, 7) is 4.03. The molecule has 0 saturated heterocycles. The second kappa shape index (κ2) is 8.18. The Morgan fingerprint density at radius 3 is 2.75 bits per heavy atom. The molecular weight excluding hydrogens is 472 g/mol. The van der Waals surface area contributed by atoms with Crippen LogP contribution >= 0.6 is 11.8 Å². The third-order valence-electron chi connectivity index (χ3n) is 9.65. The maximum Gasteiger partial charge on any atom is 0.178 e. The minimum atomic E-state index is -1.54. The number of hydrogen-bond donors (Lipinski definition) is 1. The van der Waals surface area contributed by atoms with Crippen LogP contribution in [0.15, 0.2) is 59.3 Å². The van der Waals surface area contributed by atoms with Crippen molar-refractivity contribution in [1.82, 2.24) is 9.97 Å². The molecule has 0 amide bonds. The number of aromatic nitrogens is 2. The van der Waals surface area contributed by atoms with Crippen LogP contribution in [0.3, 0.4) is 0 Å². The van der Waals surface area contributed by atoms with Gasteiger partial charge in [-0.15, -0.1) is 0 Å². The molecule has 4 aliphatic carbocycles. The lowest BCUT2D eigenvalue weighted by molar-refractivity contribution is -0.165. The zero-order chi connectivity index (χ0) is 25.3. The molecule has 7 heteroatoms. The Bertz CT molecular complexity index is 1370. The summed E-state index contributed by atoms with van der Waals surface area (Å²) >= 11 is 1.29. The van der Waals surface area contributed by atoms with Gasteiger partial charge >= 0.3 is 0 Å². The van der Waals surface area contributed by atoms with Gasteiger partial charge < -0.3 is 5.11 Å². The zero-order valence-corrected chi connectivity index (χ0v) is 21.4. The summed E-state index contributed by atoms with van der Waals surface area (Å²) in [6, 6.07) is 7.58. The number of para-hydroxylation sites is 2. The molecule has 6 rings (SSSR count). The van der Waals surface area contributed by atoms with Crippen LogP contribution in [0.25, 0.3) is 11.0 Å². The monoisotopic (exact) mass is 502 g/mol. The standard InChI is InChI=1S/C29H30N2O4S/c1-27-11-9-18(32)13-17(27)7-8-19-20-10-12-29(35,28(20,2)14-23(33)26(19)27)24(34)16-36-25-15-30-21-5-3-4-6-22(21)31-25/h3-6,9,11,13,15,19-20,26,35H,7-8,10,12,14,16H2,1-2H3/t19?,20?,26?,27?,28?,29-/m0/s1. The lowest BCUT2D eigenvalue weighted by Crippen LogP contribution is -2.60. The van der Waals surface area contributed by atoms with Crippen LogP contribution in [0.4, 0.5) is 0 Å². The van der Waals surface area contributed by atoms with Crippen molar-refractivity contribution in [3.05, 3.63) is 54.3 Å². The topological polar surface area (TPSA) is 97.2 Å². The van der Waals surface area contributed by atoms with Gasteiger partial charge in [0.25, 0.3) is 0 Å². The number of benzene rings is 1. The summed E-state index contributed by atoms with van der Waals surface area (Å²) in [5.74, 6) is -0.0792. The number of rotatable bonds is 4. The Balaban J connectivity index is 1.24. The largest absolute Gasteiger partial charge is 0.381 e. The summed E-state index contributed by atoms with van der Waals surface area (Å²) in [4.78, 5) is 48.3. The summed E-state index contributed by atoms with van der Waals surface area (Å²) in [5.41, 5.74) is -0.169. The number of fused-ring (bicyclic) bond motifs is 6. The predicted molar refractivity (Wildman–Crippen MR) is 137 cm³/mol. The van der Waals surface area contributed by atoms with Crippen molar-refractivity contribution in [3.63, 3.8) is 0 Å². The van der Waals surface area contributed by atoms with E-state index in [0.717, 1.165) is 35.9 Å². The van der Waals surface area contributed by atoms with Crippen LogP contribution in [0.1, 0.15) is 46.0 Å². The Hall–Kier alpha value is -2.64. The predicted octanol–water partition coefficient (Wildman–Crippen LogP) is 4.51. The molecule has 1 N–H and O–H groups in total. The van der Waals surface area contributed by atoms with Crippen molar-refractivity contribution in [1.29, 1.82) is 0 Å². The van der Waals surface area contributed by atoms with Gasteiger partial charge in [0, 0.05) is 23.2 Å². The average molecular weight is 503 g/mol. The first-order chi connectivity index (χ1) is 17.2. The van der Waals surface area contributed by atoms with Crippen LogP contribution in [-0.2, 0) is 14.4 Å². The molecule has 1 aromatic carbocycles. The SMILES string of the molecule is CC12C=CC(=O)C=C1CCC1C2C(=O)CC2(C)C1CC[C@]2(O)C(=O)CSc1cnc2ccccc2n1. The van der Waals surface area contributed by atoms with Gasteiger partial charge in [0.05, 0.1) is 23.0 Å². The molecule has 1 aromatic heterocycles. The second-order valence-corrected chi connectivity index (χ2v) is 12.3. The van der Waals surface area contributed by atoms with E-state index in [1.165, 1.54) is 11.8 Å². The van der Waals surface area contributed by atoms with E-state index in [-0.39, 0.29) is 47.3 Å². The maximum absolute atomic E-state index is 13.7. The Labute approximate surface area is 214 Å². The fourth-order valence-corrected chi connectivity index (χ4v) is 8.57. The number of carbonyl (C=O) groups excluding carboxylic acids is 3. The number of thioether (sulfide) groups is 1. The van der Waals surface area contributed by atoms with E-state index in [2.05, 4.69) is 16.9 Å². The number of allylic oxidation sites excluding steroid dienone is 4. The molecule has 0 radical (unpaired) electrons. The minimum Gasteiger partial charge on any atom is -0.381 e. The van der Waals surface area contributed by atoms with E-state index in [1.54, 1.807) is 18.3 Å². The zero-order valence-electron chi connectivity index (χ0n) is 20.6. The smallest absolute Gasteiger partial charge is 0.178 e. The van der Waals surface area contributed by atoms with E-state index < -0.39 is 16.4 Å². The third-order valence-corrected chi connectivity index (χ3v) is 10.5. The van der Waals surface area contributed by atoms with Gasteiger partial charge in [0.15, 0.2) is 11.6 Å². The first-order valence-electron chi connectivity index (χ1n) is 12.7. The molecule has 6 nitrogen and oxygen atoms in total. The van der Waals surface area contributed by atoms with Crippen molar-refractivity contribution in [2.75, 3.05) is 5.75 Å². The molecule has 36 heavy (non-hydrogen) atoms. The van der Waals surface area contributed by atoms with Crippen LogP contribution in [0.5, 0.6) is 0 Å². The number of nitrogens with zero attached hydrogens (tertiary/aromatic N) is 2. The molecule has 3 saturated carbocycles. The molecule has 3 fully saturated rings. The molecule has 186 valence electrons. The quantitative estimate of drug-likeness (QED) is 0.615. The van der Waals surface area contributed by atoms with Gasteiger partial charge in [-0.3, -0.25) is 19.4 Å². The maximum atomic E-state index is 13.7. The van der Waals surface area contributed by atoms with Gasteiger partial charge in [0.2, 0.25) is 0 Å². The van der Waals surface area contributed by atoms with Gasteiger partial charge in [-0.25, -0.2) is 4.98 Å². The molecule has 2 aromatic rings. The first kappa shape index (κ1) is 23.7. The van der Waals surface area contributed by atoms with E-state index >= 15 is 0 Å². The molecular formula is C29H30N2O4S. The Kier molecular flexibility index (Phi) is 5.40. The highest BCUT2D eigenvalue weighted by molar-refractivity contribution is 7.99. The van der Waals surface area contributed by atoms with Crippen molar-refractivity contribution in [3.8, 4) is 0 Å².